The molecule has 0 spiro atoms. The van der Waals surface area contributed by atoms with E-state index in [1.807, 2.05) is 0 Å². The van der Waals surface area contributed by atoms with Crippen LogP contribution in [0.3, 0.4) is 0 Å². The Morgan fingerprint density at radius 3 is 2.50 bits per heavy atom. The second-order valence-corrected chi connectivity index (χ2v) is 3.39. The summed E-state index contributed by atoms with van der Waals surface area (Å²) in [5, 5.41) is 2.44. The molecule has 1 aromatic rings. The van der Waals surface area contributed by atoms with Gasteiger partial charge in [-0.25, -0.2) is 4.79 Å². The van der Waals surface area contributed by atoms with E-state index in [1.165, 1.54) is 0 Å². The van der Waals surface area contributed by atoms with Crippen molar-refractivity contribution in [1.29, 1.82) is 0 Å². The molecule has 1 aliphatic heterocycles. The number of ether oxygens (including phenoxy) is 1. The number of nitrogens with one attached hydrogen (secondary N) is 1. The number of carbonyl (C=O) groups is 3. The van der Waals surface area contributed by atoms with E-state index >= 15 is 0 Å². The second-order valence-electron chi connectivity index (χ2n) is 3.39. The zero-order chi connectivity index (χ0) is 11.5. The normalized spacial score (nSPS) is 19.4. The quantitative estimate of drug-likeness (QED) is 0.572. The highest BCUT2D eigenvalue weighted by Crippen LogP contribution is 2.09. The van der Waals surface area contributed by atoms with Crippen molar-refractivity contribution in [3.05, 3.63) is 35.9 Å². The Morgan fingerprint density at radius 2 is 1.94 bits per heavy atom. The van der Waals surface area contributed by atoms with Crippen LogP contribution in [-0.2, 0) is 14.3 Å². The van der Waals surface area contributed by atoms with Gasteiger partial charge in [-0.2, -0.15) is 0 Å². The molecule has 0 aliphatic carbocycles. The van der Waals surface area contributed by atoms with Crippen molar-refractivity contribution in [1.82, 2.24) is 5.32 Å². The van der Waals surface area contributed by atoms with E-state index in [0.717, 1.165) is 0 Å². The molecule has 5 nitrogen and oxygen atoms in total. The Labute approximate surface area is 91.4 Å². The molecule has 1 atom stereocenters. The van der Waals surface area contributed by atoms with E-state index in [0.29, 0.717) is 5.56 Å². The van der Waals surface area contributed by atoms with Crippen LogP contribution in [0, 0.1) is 0 Å². The predicted octanol–water partition coefficient (Wildman–Crippen LogP) is 0.258. The van der Waals surface area contributed by atoms with E-state index in [4.69, 9.17) is 0 Å². The summed E-state index contributed by atoms with van der Waals surface area (Å²) >= 11 is 0. The number of hydrogen-bond donors (Lipinski definition) is 1. The number of esters is 2. The standard InChI is InChI=1S/C11H9NO4/c13-9-6-8(11(15)16-9)12-10(14)7-4-2-1-3-5-7/h1-5,8H,6H2,(H,12,14)/t8-/m0/s1. The molecule has 0 saturated carbocycles. The number of amides is 1. The number of benzene rings is 1. The lowest BCUT2D eigenvalue weighted by Gasteiger charge is -2.07. The molecular formula is C11H9NO4. The van der Waals surface area contributed by atoms with Crippen molar-refractivity contribution >= 4 is 17.8 Å². The maximum absolute atomic E-state index is 11.6. The molecular weight excluding hydrogens is 210 g/mol. The van der Waals surface area contributed by atoms with Crippen molar-refractivity contribution in [3.63, 3.8) is 0 Å². The second kappa shape index (κ2) is 4.14. The third-order valence-electron chi connectivity index (χ3n) is 2.21. The molecule has 1 heterocycles. The summed E-state index contributed by atoms with van der Waals surface area (Å²) in [5.74, 6) is -1.70. The summed E-state index contributed by atoms with van der Waals surface area (Å²) < 4.78 is 4.32. The molecule has 16 heavy (non-hydrogen) atoms. The van der Waals surface area contributed by atoms with E-state index in [1.54, 1.807) is 30.3 Å². The minimum Gasteiger partial charge on any atom is -0.392 e. The van der Waals surface area contributed by atoms with E-state index in [-0.39, 0.29) is 6.42 Å². The number of cyclic esters (lactones) is 2. The highest BCUT2D eigenvalue weighted by atomic mass is 16.6. The zero-order valence-electron chi connectivity index (χ0n) is 8.30. The Kier molecular flexibility index (Phi) is 2.68. The number of rotatable bonds is 2. The topological polar surface area (TPSA) is 72.5 Å². The molecule has 2 rings (SSSR count). The summed E-state index contributed by atoms with van der Waals surface area (Å²) in [4.78, 5) is 33.5. The van der Waals surface area contributed by atoms with Gasteiger partial charge in [0, 0.05) is 5.56 Å². The first-order valence-electron chi connectivity index (χ1n) is 4.77. The smallest absolute Gasteiger partial charge is 0.336 e. The minimum absolute atomic E-state index is 0.0998. The zero-order valence-corrected chi connectivity index (χ0v) is 8.30. The summed E-state index contributed by atoms with van der Waals surface area (Å²) in [6, 6.07) is 7.60. The molecule has 1 amide bonds. The van der Waals surface area contributed by atoms with Crippen LogP contribution in [0.4, 0.5) is 0 Å². The minimum atomic E-state index is -0.861. The molecule has 0 radical (unpaired) electrons. The Balaban J connectivity index is 2.03. The fourth-order valence-corrected chi connectivity index (χ4v) is 1.42. The summed E-state index contributed by atoms with van der Waals surface area (Å²) in [6.45, 7) is 0. The lowest BCUT2D eigenvalue weighted by Crippen LogP contribution is -2.37. The van der Waals surface area contributed by atoms with E-state index < -0.39 is 23.9 Å². The van der Waals surface area contributed by atoms with Crippen LogP contribution in [0.2, 0.25) is 0 Å². The Morgan fingerprint density at radius 1 is 1.25 bits per heavy atom. The molecule has 0 unspecified atom stereocenters. The van der Waals surface area contributed by atoms with Crippen LogP contribution in [0.1, 0.15) is 16.8 Å². The van der Waals surface area contributed by atoms with Crippen LogP contribution in [-0.4, -0.2) is 23.9 Å². The van der Waals surface area contributed by atoms with Gasteiger partial charge in [0.25, 0.3) is 5.91 Å². The molecule has 0 bridgehead atoms. The highest BCUT2D eigenvalue weighted by Gasteiger charge is 2.34. The molecule has 5 heteroatoms. The molecule has 0 aromatic heterocycles. The van der Waals surface area contributed by atoms with Gasteiger partial charge >= 0.3 is 11.9 Å². The largest absolute Gasteiger partial charge is 0.392 e. The molecule has 1 saturated heterocycles. The van der Waals surface area contributed by atoms with Crippen LogP contribution >= 0.6 is 0 Å². The molecule has 1 N–H and O–H groups in total. The van der Waals surface area contributed by atoms with Crippen molar-refractivity contribution < 1.29 is 19.1 Å². The first-order chi connectivity index (χ1) is 7.66. The number of hydrogen-bond acceptors (Lipinski definition) is 4. The average Bonchev–Trinajstić information content (AvgIpc) is 2.59. The summed E-state index contributed by atoms with van der Waals surface area (Å²) in [7, 11) is 0. The van der Waals surface area contributed by atoms with Gasteiger partial charge < -0.3 is 10.1 Å². The lowest BCUT2D eigenvalue weighted by atomic mass is 10.2. The highest BCUT2D eigenvalue weighted by molar-refractivity contribution is 6.02. The molecule has 1 aromatic carbocycles. The molecule has 1 fully saturated rings. The fraction of sp³-hybridized carbons (Fsp3) is 0.182. The predicted molar refractivity (Wildman–Crippen MR) is 53.4 cm³/mol. The van der Waals surface area contributed by atoms with Crippen molar-refractivity contribution in [2.45, 2.75) is 12.5 Å². The SMILES string of the molecule is O=C1C[C@H](NC(=O)c2ccccc2)C(=O)O1. The van der Waals surface area contributed by atoms with E-state index in [9.17, 15) is 14.4 Å². The van der Waals surface area contributed by atoms with Gasteiger partial charge in [0.15, 0.2) is 0 Å². The van der Waals surface area contributed by atoms with Crippen molar-refractivity contribution in [2.75, 3.05) is 0 Å². The van der Waals surface area contributed by atoms with Gasteiger partial charge in [-0.3, -0.25) is 9.59 Å². The first kappa shape index (κ1) is 10.4. The Bertz CT molecular complexity index is 441. The maximum atomic E-state index is 11.6. The summed E-state index contributed by atoms with van der Waals surface area (Å²) in [5.41, 5.74) is 0.439. The van der Waals surface area contributed by atoms with Crippen molar-refractivity contribution in [3.8, 4) is 0 Å². The van der Waals surface area contributed by atoms with Crippen molar-refractivity contribution in [2.24, 2.45) is 0 Å². The third-order valence-corrected chi connectivity index (χ3v) is 2.21. The Hall–Kier alpha value is -2.17. The maximum Gasteiger partial charge on any atom is 0.336 e. The van der Waals surface area contributed by atoms with E-state index in [2.05, 4.69) is 10.1 Å². The molecule has 82 valence electrons. The molecule has 1 aliphatic rings. The van der Waals surface area contributed by atoms with Gasteiger partial charge in [0.1, 0.15) is 6.04 Å². The summed E-state index contributed by atoms with van der Waals surface area (Å²) in [6.07, 6.45) is -0.0998. The van der Waals surface area contributed by atoms with Gasteiger partial charge in [-0.05, 0) is 12.1 Å². The van der Waals surface area contributed by atoms with Gasteiger partial charge in [-0.15, -0.1) is 0 Å². The lowest BCUT2D eigenvalue weighted by molar-refractivity contribution is -0.152. The van der Waals surface area contributed by atoms with Crippen LogP contribution in [0.15, 0.2) is 30.3 Å². The monoisotopic (exact) mass is 219 g/mol. The van der Waals surface area contributed by atoms with Crippen LogP contribution in [0.5, 0.6) is 0 Å². The van der Waals surface area contributed by atoms with Gasteiger partial charge in [-0.1, -0.05) is 18.2 Å². The average molecular weight is 219 g/mol. The third kappa shape index (κ3) is 2.08. The van der Waals surface area contributed by atoms with Gasteiger partial charge in [0.05, 0.1) is 6.42 Å². The van der Waals surface area contributed by atoms with Crippen LogP contribution < -0.4 is 5.32 Å². The first-order valence-corrected chi connectivity index (χ1v) is 4.77. The number of carbonyl (C=O) groups excluding carboxylic acids is 3. The fourth-order valence-electron chi connectivity index (χ4n) is 1.42. The van der Waals surface area contributed by atoms with Crippen LogP contribution in [0.25, 0.3) is 0 Å². The van der Waals surface area contributed by atoms with Gasteiger partial charge in [0.2, 0.25) is 0 Å².